The molecule has 2 aromatic carbocycles. The third-order valence-electron chi connectivity index (χ3n) is 4.40. The zero-order valence-electron chi connectivity index (χ0n) is 15.6. The van der Waals surface area contributed by atoms with Crippen LogP contribution in [0.25, 0.3) is 0 Å². The summed E-state index contributed by atoms with van der Waals surface area (Å²) in [7, 11) is 5.27. The molecule has 0 saturated carbocycles. The molecule has 25 heavy (non-hydrogen) atoms. The maximum atomic E-state index is 12.6. The Kier molecular flexibility index (Phi) is 6.42. The van der Waals surface area contributed by atoms with Crippen molar-refractivity contribution in [1.82, 2.24) is 0 Å². The van der Waals surface area contributed by atoms with Gasteiger partial charge >= 0.3 is 0 Å². The second kappa shape index (κ2) is 8.53. The maximum absolute atomic E-state index is 12.6. The van der Waals surface area contributed by atoms with Crippen molar-refractivity contribution in [2.24, 2.45) is 0 Å². The highest BCUT2D eigenvalue weighted by Crippen LogP contribution is 2.23. The molecule has 1 amide bonds. The quantitative estimate of drug-likeness (QED) is 0.809. The molecule has 0 fully saturated rings. The van der Waals surface area contributed by atoms with Crippen LogP contribution in [-0.4, -0.2) is 33.2 Å². The lowest BCUT2D eigenvalue weighted by atomic mass is 10.1. The van der Waals surface area contributed by atoms with Gasteiger partial charge in [-0.2, -0.15) is 0 Å². The first-order valence-corrected chi connectivity index (χ1v) is 8.36. The number of amides is 1. The highest BCUT2D eigenvalue weighted by Gasteiger charge is 2.24. The van der Waals surface area contributed by atoms with Crippen molar-refractivity contribution in [2.75, 3.05) is 26.6 Å². The van der Waals surface area contributed by atoms with Crippen LogP contribution in [0.3, 0.4) is 0 Å². The van der Waals surface area contributed by atoms with Crippen LogP contribution in [0, 0.1) is 6.92 Å². The molecule has 0 spiro atoms. The molecular weight excluding hydrogens is 316 g/mol. The standard InChI is InChI=1S/C20H26N2O3/c1-14-10-11-18(24-4)16(12-14)13-22(3)15(2)20(23)21-17-8-6-7-9-19(17)25-5/h6-12,15H,13H2,1-5H3,(H,21,23)/p+1/t15-/m1/s1. The largest absolute Gasteiger partial charge is 0.496 e. The van der Waals surface area contributed by atoms with E-state index in [1.165, 1.54) is 5.56 Å². The van der Waals surface area contributed by atoms with Gasteiger partial charge in [0.05, 0.1) is 27.0 Å². The van der Waals surface area contributed by atoms with E-state index in [1.807, 2.05) is 50.4 Å². The van der Waals surface area contributed by atoms with Crippen molar-refractivity contribution in [3.8, 4) is 11.5 Å². The zero-order valence-corrected chi connectivity index (χ0v) is 15.6. The molecule has 0 aliphatic carbocycles. The topological polar surface area (TPSA) is 52.0 Å². The summed E-state index contributed by atoms with van der Waals surface area (Å²) in [6, 6.07) is 13.3. The van der Waals surface area contributed by atoms with E-state index in [4.69, 9.17) is 9.47 Å². The minimum absolute atomic E-state index is 0.0476. The van der Waals surface area contributed by atoms with Crippen LogP contribution in [0.4, 0.5) is 5.69 Å². The molecule has 134 valence electrons. The maximum Gasteiger partial charge on any atom is 0.282 e. The summed E-state index contributed by atoms with van der Waals surface area (Å²) in [5.41, 5.74) is 2.95. The van der Waals surface area contributed by atoms with Crippen molar-refractivity contribution in [1.29, 1.82) is 0 Å². The predicted molar refractivity (Wildman–Crippen MR) is 99.4 cm³/mol. The molecule has 0 saturated heterocycles. The molecule has 2 rings (SSSR count). The smallest absolute Gasteiger partial charge is 0.282 e. The van der Waals surface area contributed by atoms with Gasteiger partial charge in [-0.05, 0) is 38.1 Å². The van der Waals surface area contributed by atoms with E-state index in [-0.39, 0.29) is 11.9 Å². The highest BCUT2D eigenvalue weighted by molar-refractivity contribution is 5.94. The molecule has 0 aliphatic heterocycles. The van der Waals surface area contributed by atoms with Gasteiger partial charge < -0.3 is 19.7 Å². The first-order chi connectivity index (χ1) is 12.0. The number of carbonyl (C=O) groups is 1. The Hall–Kier alpha value is -2.53. The minimum atomic E-state index is -0.227. The number of nitrogens with one attached hydrogen (secondary N) is 2. The molecule has 0 bridgehead atoms. The van der Waals surface area contributed by atoms with Crippen LogP contribution < -0.4 is 19.7 Å². The normalized spacial score (nSPS) is 13.0. The van der Waals surface area contributed by atoms with E-state index in [0.29, 0.717) is 18.0 Å². The molecule has 5 heteroatoms. The zero-order chi connectivity index (χ0) is 18.4. The monoisotopic (exact) mass is 343 g/mol. The molecule has 0 aromatic heterocycles. The third-order valence-corrected chi connectivity index (χ3v) is 4.40. The number of benzene rings is 2. The molecule has 1 unspecified atom stereocenters. The second-order valence-electron chi connectivity index (χ2n) is 6.25. The summed E-state index contributed by atoms with van der Waals surface area (Å²) in [6.45, 7) is 4.67. The number of carbonyl (C=O) groups excluding carboxylic acids is 1. The number of anilines is 1. The molecule has 2 N–H and O–H groups in total. The molecule has 2 aromatic rings. The van der Waals surface area contributed by atoms with Gasteiger partial charge in [0.2, 0.25) is 0 Å². The van der Waals surface area contributed by atoms with Gasteiger partial charge in [-0.15, -0.1) is 0 Å². The van der Waals surface area contributed by atoms with Gasteiger partial charge in [-0.25, -0.2) is 0 Å². The number of ether oxygens (including phenoxy) is 2. The van der Waals surface area contributed by atoms with Gasteiger partial charge in [-0.1, -0.05) is 23.8 Å². The van der Waals surface area contributed by atoms with Gasteiger partial charge in [-0.3, -0.25) is 4.79 Å². The van der Waals surface area contributed by atoms with Crippen molar-refractivity contribution >= 4 is 11.6 Å². The van der Waals surface area contributed by atoms with Crippen LogP contribution in [0.15, 0.2) is 42.5 Å². The molecule has 5 nitrogen and oxygen atoms in total. The second-order valence-corrected chi connectivity index (χ2v) is 6.25. The number of rotatable bonds is 7. The fraction of sp³-hybridized carbons (Fsp3) is 0.350. The summed E-state index contributed by atoms with van der Waals surface area (Å²) in [5.74, 6) is 1.46. The third kappa shape index (κ3) is 4.73. The number of hydrogen-bond donors (Lipinski definition) is 2. The Labute approximate surface area is 149 Å². The Bertz CT molecular complexity index is 731. The van der Waals surface area contributed by atoms with Crippen molar-refractivity contribution < 1.29 is 19.2 Å². The van der Waals surface area contributed by atoms with Crippen molar-refractivity contribution in [2.45, 2.75) is 26.4 Å². The fourth-order valence-electron chi connectivity index (χ4n) is 2.71. The number of quaternary nitrogens is 1. The number of aryl methyl sites for hydroxylation is 1. The van der Waals surface area contributed by atoms with Gasteiger partial charge in [0.25, 0.3) is 5.91 Å². The predicted octanol–water partition coefficient (Wildman–Crippen LogP) is 2.05. The first kappa shape index (κ1) is 18.8. The van der Waals surface area contributed by atoms with Crippen molar-refractivity contribution in [3.63, 3.8) is 0 Å². The van der Waals surface area contributed by atoms with E-state index >= 15 is 0 Å². The average Bonchev–Trinajstić information content (AvgIpc) is 2.61. The Morgan fingerprint density at radius 1 is 1.12 bits per heavy atom. The van der Waals surface area contributed by atoms with E-state index < -0.39 is 0 Å². The molecule has 2 atom stereocenters. The van der Waals surface area contributed by atoms with Gasteiger partial charge in [0.1, 0.15) is 18.0 Å². The Morgan fingerprint density at radius 2 is 1.80 bits per heavy atom. The SMILES string of the molecule is COc1ccc(C)cc1C[NH+](C)[C@H](C)C(=O)Nc1ccccc1OC. The number of likely N-dealkylation sites (N-methyl/N-ethyl adjacent to an activating group) is 1. The Balaban J connectivity index is 2.07. The molecular formula is C20H27N2O3+. The molecule has 0 radical (unpaired) electrons. The van der Waals surface area contributed by atoms with E-state index in [1.54, 1.807) is 14.2 Å². The molecule has 0 heterocycles. The summed E-state index contributed by atoms with van der Waals surface area (Å²) in [6.07, 6.45) is 0. The lowest BCUT2D eigenvalue weighted by Crippen LogP contribution is -3.12. The minimum Gasteiger partial charge on any atom is -0.496 e. The summed E-state index contributed by atoms with van der Waals surface area (Å²) >= 11 is 0. The van der Waals surface area contributed by atoms with E-state index in [2.05, 4.69) is 18.3 Å². The van der Waals surface area contributed by atoms with E-state index in [0.717, 1.165) is 16.2 Å². The van der Waals surface area contributed by atoms with Gasteiger partial charge in [0, 0.05) is 5.56 Å². The van der Waals surface area contributed by atoms with Crippen LogP contribution in [0.1, 0.15) is 18.1 Å². The fourth-order valence-corrected chi connectivity index (χ4v) is 2.71. The lowest BCUT2D eigenvalue weighted by Gasteiger charge is -2.22. The summed E-state index contributed by atoms with van der Waals surface area (Å²) < 4.78 is 10.7. The number of para-hydroxylation sites is 2. The summed E-state index contributed by atoms with van der Waals surface area (Å²) in [4.78, 5) is 13.7. The van der Waals surface area contributed by atoms with Crippen molar-refractivity contribution in [3.05, 3.63) is 53.6 Å². The highest BCUT2D eigenvalue weighted by atomic mass is 16.5. The van der Waals surface area contributed by atoms with Crippen LogP contribution >= 0.6 is 0 Å². The Morgan fingerprint density at radius 3 is 2.48 bits per heavy atom. The number of hydrogen-bond acceptors (Lipinski definition) is 3. The first-order valence-electron chi connectivity index (χ1n) is 8.36. The number of methoxy groups -OCH3 is 2. The summed E-state index contributed by atoms with van der Waals surface area (Å²) in [5, 5.41) is 2.95. The van der Waals surface area contributed by atoms with E-state index in [9.17, 15) is 4.79 Å². The van der Waals surface area contributed by atoms with Crippen LogP contribution in [-0.2, 0) is 11.3 Å². The van der Waals surface area contributed by atoms with Crippen LogP contribution in [0.5, 0.6) is 11.5 Å². The van der Waals surface area contributed by atoms with Gasteiger partial charge in [0.15, 0.2) is 6.04 Å². The molecule has 0 aliphatic rings. The average molecular weight is 343 g/mol. The lowest BCUT2D eigenvalue weighted by molar-refractivity contribution is -0.907. The van der Waals surface area contributed by atoms with Crippen LogP contribution in [0.2, 0.25) is 0 Å².